The van der Waals surface area contributed by atoms with Gasteiger partial charge < -0.3 is 5.11 Å². The summed E-state index contributed by atoms with van der Waals surface area (Å²) in [6.07, 6.45) is 0.0735. The standard InChI is InChI=1S/C15H20N2O/c1-10-5-6-13(7-11(10)2)9-15(18)14-8-12(3)17(4)16-14/h5-8,15,18H,9H2,1-4H3. The number of hydrogen-bond donors (Lipinski definition) is 1. The summed E-state index contributed by atoms with van der Waals surface area (Å²) in [7, 11) is 1.89. The molecule has 1 N–H and O–H groups in total. The minimum atomic E-state index is -0.535. The molecule has 2 rings (SSSR count). The van der Waals surface area contributed by atoms with Gasteiger partial charge in [-0.3, -0.25) is 4.68 Å². The molecule has 0 aliphatic rings. The lowest BCUT2D eigenvalue weighted by atomic mass is 10.0. The fourth-order valence-corrected chi connectivity index (χ4v) is 2.01. The van der Waals surface area contributed by atoms with Crippen LogP contribution in [0.1, 0.15) is 34.2 Å². The summed E-state index contributed by atoms with van der Waals surface area (Å²) in [5.74, 6) is 0. The maximum Gasteiger partial charge on any atom is 0.102 e. The van der Waals surface area contributed by atoms with Crippen molar-refractivity contribution in [3.8, 4) is 0 Å². The molecule has 0 saturated heterocycles. The number of rotatable bonds is 3. The molecule has 2 aromatic rings. The molecule has 96 valence electrons. The van der Waals surface area contributed by atoms with Crippen molar-refractivity contribution < 1.29 is 5.11 Å². The summed E-state index contributed by atoms with van der Waals surface area (Å²) in [5.41, 5.74) is 5.49. The number of nitrogens with zero attached hydrogens (tertiary/aromatic N) is 2. The average Bonchev–Trinajstić information content (AvgIpc) is 2.65. The van der Waals surface area contributed by atoms with Gasteiger partial charge in [0.1, 0.15) is 6.10 Å². The number of aliphatic hydroxyl groups is 1. The van der Waals surface area contributed by atoms with Crippen LogP contribution in [0.15, 0.2) is 24.3 Å². The van der Waals surface area contributed by atoms with Gasteiger partial charge in [0, 0.05) is 19.2 Å². The van der Waals surface area contributed by atoms with Crippen molar-refractivity contribution in [3.63, 3.8) is 0 Å². The first-order chi connectivity index (χ1) is 8.47. The largest absolute Gasteiger partial charge is 0.386 e. The van der Waals surface area contributed by atoms with Crippen molar-refractivity contribution in [2.24, 2.45) is 7.05 Å². The SMILES string of the molecule is Cc1ccc(CC(O)c2cc(C)n(C)n2)cc1C. The molecule has 1 atom stereocenters. The molecule has 1 aromatic heterocycles. The summed E-state index contributed by atoms with van der Waals surface area (Å²) in [5, 5.41) is 14.5. The summed E-state index contributed by atoms with van der Waals surface area (Å²) >= 11 is 0. The molecule has 1 heterocycles. The molecule has 0 aliphatic carbocycles. The van der Waals surface area contributed by atoms with E-state index in [1.165, 1.54) is 11.1 Å². The van der Waals surface area contributed by atoms with Gasteiger partial charge in [0.2, 0.25) is 0 Å². The van der Waals surface area contributed by atoms with Gasteiger partial charge in [-0.25, -0.2) is 0 Å². The normalized spacial score (nSPS) is 12.7. The second-order valence-corrected chi connectivity index (χ2v) is 4.97. The van der Waals surface area contributed by atoms with E-state index in [9.17, 15) is 5.11 Å². The summed E-state index contributed by atoms with van der Waals surface area (Å²) in [6, 6.07) is 8.24. The minimum absolute atomic E-state index is 0.535. The van der Waals surface area contributed by atoms with Gasteiger partial charge in [0.25, 0.3) is 0 Å². The number of aryl methyl sites for hydroxylation is 4. The van der Waals surface area contributed by atoms with E-state index in [1.807, 2.05) is 20.0 Å². The Balaban J connectivity index is 2.15. The van der Waals surface area contributed by atoms with Crippen molar-refractivity contribution in [3.05, 3.63) is 52.3 Å². The molecule has 0 fully saturated rings. The first kappa shape index (κ1) is 12.8. The zero-order valence-corrected chi connectivity index (χ0v) is 11.4. The van der Waals surface area contributed by atoms with E-state index in [4.69, 9.17) is 0 Å². The van der Waals surface area contributed by atoms with Crippen molar-refractivity contribution in [2.45, 2.75) is 33.3 Å². The Bertz CT molecular complexity index is 538. The Morgan fingerprint density at radius 2 is 1.89 bits per heavy atom. The molecule has 0 radical (unpaired) electrons. The van der Waals surface area contributed by atoms with E-state index in [1.54, 1.807) is 4.68 Å². The molecule has 0 amide bonds. The Morgan fingerprint density at radius 3 is 2.44 bits per heavy atom. The van der Waals surface area contributed by atoms with Crippen LogP contribution in [0, 0.1) is 20.8 Å². The number of aromatic nitrogens is 2. The average molecular weight is 244 g/mol. The molecule has 1 unspecified atom stereocenters. The highest BCUT2D eigenvalue weighted by molar-refractivity contribution is 5.30. The van der Waals surface area contributed by atoms with Gasteiger partial charge in [0.05, 0.1) is 5.69 Å². The minimum Gasteiger partial charge on any atom is -0.386 e. The molecule has 0 spiro atoms. The van der Waals surface area contributed by atoms with Crippen molar-refractivity contribution in [2.75, 3.05) is 0 Å². The van der Waals surface area contributed by atoms with Crippen molar-refractivity contribution in [1.29, 1.82) is 0 Å². The van der Waals surface area contributed by atoms with Gasteiger partial charge in [-0.2, -0.15) is 5.10 Å². The predicted molar refractivity (Wildman–Crippen MR) is 72.5 cm³/mol. The van der Waals surface area contributed by atoms with Crippen molar-refractivity contribution in [1.82, 2.24) is 9.78 Å². The van der Waals surface area contributed by atoms with Crippen LogP contribution in [0.25, 0.3) is 0 Å². The van der Waals surface area contributed by atoms with E-state index in [0.717, 1.165) is 17.0 Å². The van der Waals surface area contributed by atoms with E-state index < -0.39 is 6.10 Å². The maximum absolute atomic E-state index is 10.2. The lowest BCUT2D eigenvalue weighted by Crippen LogP contribution is -2.04. The van der Waals surface area contributed by atoms with Crippen LogP contribution in [-0.4, -0.2) is 14.9 Å². The molecule has 1 aromatic carbocycles. The fourth-order valence-electron chi connectivity index (χ4n) is 2.01. The zero-order chi connectivity index (χ0) is 13.3. The van der Waals surface area contributed by atoms with Crippen LogP contribution in [0.3, 0.4) is 0 Å². The van der Waals surface area contributed by atoms with E-state index in [0.29, 0.717) is 6.42 Å². The number of benzene rings is 1. The van der Waals surface area contributed by atoms with Gasteiger partial charge in [-0.05, 0) is 43.5 Å². The summed E-state index contributed by atoms with van der Waals surface area (Å²) in [6.45, 7) is 6.17. The van der Waals surface area contributed by atoms with E-state index in [2.05, 4.69) is 37.1 Å². The third-order valence-electron chi connectivity index (χ3n) is 3.47. The summed E-state index contributed by atoms with van der Waals surface area (Å²) in [4.78, 5) is 0. The molecule has 3 heteroatoms. The predicted octanol–water partition coefficient (Wildman–Crippen LogP) is 2.62. The van der Waals surface area contributed by atoms with Crippen LogP contribution >= 0.6 is 0 Å². The molecular weight excluding hydrogens is 224 g/mol. The monoisotopic (exact) mass is 244 g/mol. The smallest absolute Gasteiger partial charge is 0.102 e. The Kier molecular flexibility index (Phi) is 3.53. The topological polar surface area (TPSA) is 38.0 Å². The van der Waals surface area contributed by atoms with Crippen LogP contribution in [0.4, 0.5) is 0 Å². The van der Waals surface area contributed by atoms with Crippen LogP contribution in [0.2, 0.25) is 0 Å². The Labute approximate surface area is 108 Å². The van der Waals surface area contributed by atoms with Crippen LogP contribution < -0.4 is 0 Å². The van der Waals surface area contributed by atoms with Crippen molar-refractivity contribution >= 4 is 0 Å². The second-order valence-electron chi connectivity index (χ2n) is 4.97. The lowest BCUT2D eigenvalue weighted by molar-refractivity contribution is 0.172. The Hall–Kier alpha value is -1.61. The zero-order valence-electron chi connectivity index (χ0n) is 11.4. The van der Waals surface area contributed by atoms with Gasteiger partial charge >= 0.3 is 0 Å². The lowest BCUT2D eigenvalue weighted by Gasteiger charge is -2.09. The van der Waals surface area contributed by atoms with Crippen LogP contribution in [-0.2, 0) is 13.5 Å². The molecule has 0 saturated carbocycles. The number of aliphatic hydroxyl groups excluding tert-OH is 1. The van der Waals surface area contributed by atoms with E-state index >= 15 is 0 Å². The third kappa shape index (κ3) is 2.62. The molecule has 18 heavy (non-hydrogen) atoms. The molecule has 3 nitrogen and oxygen atoms in total. The maximum atomic E-state index is 10.2. The summed E-state index contributed by atoms with van der Waals surface area (Å²) < 4.78 is 1.79. The third-order valence-corrected chi connectivity index (χ3v) is 3.47. The first-order valence-corrected chi connectivity index (χ1v) is 6.22. The quantitative estimate of drug-likeness (QED) is 0.901. The van der Waals surface area contributed by atoms with Gasteiger partial charge in [-0.1, -0.05) is 18.2 Å². The van der Waals surface area contributed by atoms with Gasteiger partial charge in [-0.15, -0.1) is 0 Å². The highest BCUT2D eigenvalue weighted by Gasteiger charge is 2.13. The second kappa shape index (κ2) is 4.94. The fraction of sp³-hybridized carbons (Fsp3) is 0.400. The highest BCUT2D eigenvalue weighted by Crippen LogP contribution is 2.19. The van der Waals surface area contributed by atoms with Gasteiger partial charge in [0.15, 0.2) is 0 Å². The molecular formula is C15H20N2O. The highest BCUT2D eigenvalue weighted by atomic mass is 16.3. The van der Waals surface area contributed by atoms with E-state index in [-0.39, 0.29) is 0 Å². The molecule has 0 bridgehead atoms. The van der Waals surface area contributed by atoms with Crippen LogP contribution in [0.5, 0.6) is 0 Å². The number of hydrogen-bond acceptors (Lipinski definition) is 2. The molecule has 0 aliphatic heterocycles. The Morgan fingerprint density at radius 1 is 1.17 bits per heavy atom. The first-order valence-electron chi connectivity index (χ1n) is 6.22.